The average molecular weight is 289 g/mol. The van der Waals surface area contributed by atoms with E-state index >= 15 is 0 Å². The third-order valence-electron chi connectivity index (χ3n) is 3.64. The lowest BCUT2D eigenvalue weighted by atomic mass is 10.1. The van der Waals surface area contributed by atoms with Crippen LogP contribution in [0.3, 0.4) is 0 Å². The third kappa shape index (κ3) is 2.66. The second-order valence-corrected chi connectivity index (χ2v) is 5.15. The summed E-state index contributed by atoms with van der Waals surface area (Å²) in [5.74, 6) is 0. The average Bonchev–Trinajstić information content (AvgIpc) is 2.83. The Morgan fingerprint density at radius 2 is 1.76 bits per heavy atom. The summed E-state index contributed by atoms with van der Waals surface area (Å²) < 4.78 is 40.2. The molecule has 0 fully saturated rings. The van der Waals surface area contributed by atoms with E-state index in [2.05, 4.69) is 0 Å². The van der Waals surface area contributed by atoms with Gasteiger partial charge in [-0.3, -0.25) is 0 Å². The molecular weight excluding hydrogens is 275 g/mol. The van der Waals surface area contributed by atoms with Crippen LogP contribution >= 0.6 is 0 Å². The molecule has 0 aliphatic heterocycles. The molecule has 0 saturated carbocycles. The minimum atomic E-state index is -4.30. The van der Waals surface area contributed by atoms with Crippen molar-refractivity contribution < 1.29 is 13.2 Å². The van der Waals surface area contributed by atoms with Gasteiger partial charge in [0.15, 0.2) is 0 Å². The van der Waals surface area contributed by atoms with E-state index in [1.807, 2.05) is 42.0 Å². The summed E-state index contributed by atoms with van der Waals surface area (Å²) in [6, 6.07) is 13.4. The maximum absolute atomic E-state index is 12.7. The van der Waals surface area contributed by atoms with Gasteiger partial charge in [0, 0.05) is 23.6 Å². The molecule has 0 N–H and O–H groups in total. The van der Waals surface area contributed by atoms with Crippen molar-refractivity contribution >= 4 is 10.9 Å². The molecule has 108 valence electrons. The molecule has 0 radical (unpaired) electrons. The summed E-state index contributed by atoms with van der Waals surface area (Å²) in [7, 11) is 0. The van der Waals surface area contributed by atoms with Gasteiger partial charge in [0.05, 0.1) is 5.56 Å². The molecule has 21 heavy (non-hydrogen) atoms. The normalized spacial score (nSPS) is 12.0. The fourth-order valence-electron chi connectivity index (χ4n) is 2.56. The molecule has 0 amide bonds. The van der Waals surface area contributed by atoms with Crippen molar-refractivity contribution in [2.45, 2.75) is 19.6 Å². The second kappa shape index (κ2) is 4.95. The SMILES string of the molecule is Cc1cccc2c1ccn2Cc1cccc(C(F)(F)F)c1. The Labute approximate surface area is 120 Å². The van der Waals surface area contributed by atoms with Crippen LogP contribution in [0.2, 0.25) is 0 Å². The zero-order valence-corrected chi connectivity index (χ0v) is 11.5. The number of aryl methyl sites for hydroxylation is 1. The minimum absolute atomic E-state index is 0.427. The lowest BCUT2D eigenvalue weighted by molar-refractivity contribution is -0.137. The van der Waals surface area contributed by atoms with Crippen molar-refractivity contribution in [3.8, 4) is 0 Å². The molecule has 4 heteroatoms. The highest BCUT2D eigenvalue weighted by molar-refractivity contribution is 5.83. The number of alkyl halides is 3. The summed E-state index contributed by atoms with van der Waals surface area (Å²) >= 11 is 0. The van der Waals surface area contributed by atoms with Gasteiger partial charge in [-0.15, -0.1) is 0 Å². The molecule has 0 bridgehead atoms. The molecule has 1 nitrogen and oxygen atoms in total. The van der Waals surface area contributed by atoms with Gasteiger partial charge in [0.1, 0.15) is 0 Å². The molecule has 0 aliphatic carbocycles. The number of aromatic nitrogens is 1. The number of hydrogen-bond acceptors (Lipinski definition) is 0. The molecule has 1 heterocycles. The van der Waals surface area contributed by atoms with Crippen LogP contribution in [0.4, 0.5) is 13.2 Å². The third-order valence-corrected chi connectivity index (χ3v) is 3.64. The molecular formula is C17H14F3N. The Morgan fingerprint density at radius 1 is 1.00 bits per heavy atom. The van der Waals surface area contributed by atoms with E-state index < -0.39 is 11.7 Å². The smallest absolute Gasteiger partial charge is 0.343 e. The lowest BCUT2D eigenvalue weighted by Gasteiger charge is -2.10. The first-order chi connectivity index (χ1) is 9.95. The fraction of sp³-hybridized carbons (Fsp3) is 0.176. The first kappa shape index (κ1) is 13.7. The largest absolute Gasteiger partial charge is 0.416 e. The Hall–Kier alpha value is -2.23. The van der Waals surface area contributed by atoms with Gasteiger partial charge in [-0.25, -0.2) is 0 Å². The summed E-state index contributed by atoms with van der Waals surface area (Å²) in [6.07, 6.45) is -2.39. The lowest BCUT2D eigenvalue weighted by Crippen LogP contribution is -2.06. The summed E-state index contributed by atoms with van der Waals surface area (Å²) in [6.45, 7) is 2.45. The van der Waals surface area contributed by atoms with Crippen LogP contribution in [0.15, 0.2) is 54.7 Å². The number of halogens is 3. The zero-order chi connectivity index (χ0) is 15.0. The number of benzene rings is 2. The Bertz CT molecular complexity index is 784. The Kier molecular flexibility index (Phi) is 3.24. The second-order valence-electron chi connectivity index (χ2n) is 5.15. The highest BCUT2D eigenvalue weighted by atomic mass is 19.4. The Balaban J connectivity index is 1.98. The monoisotopic (exact) mass is 289 g/mol. The van der Waals surface area contributed by atoms with E-state index in [9.17, 15) is 13.2 Å². The highest BCUT2D eigenvalue weighted by Crippen LogP contribution is 2.30. The maximum atomic E-state index is 12.7. The summed E-state index contributed by atoms with van der Waals surface area (Å²) in [5.41, 5.74) is 2.24. The first-order valence-electron chi connectivity index (χ1n) is 6.66. The molecule has 3 aromatic rings. The quantitative estimate of drug-likeness (QED) is 0.624. The van der Waals surface area contributed by atoms with Crippen LogP contribution in [0.25, 0.3) is 10.9 Å². The predicted molar refractivity (Wildman–Crippen MR) is 77.2 cm³/mol. The standard InChI is InChI=1S/C17H14F3N/c1-12-4-2-7-16-15(12)8-9-21(16)11-13-5-3-6-14(10-13)17(18,19)20/h2-10H,11H2,1H3. The van der Waals surface area contributed by atoms with Crippen molar-refractivity contribution in [1.82, 2.24) is 4.57 Å². The molecule has 0 saturated heterocycles. The maximum Gasteiger partial charge on any atom is 0.416 e. The van der Waals surface area contributed by atoms with Crippen LogP contribution in [-0.2, 0) is 12.7 Å². The zero-order valence-electron chi connectivity index (χ0n) is 11.5. The van der Waals surface area contributed by atoms with Gasteiger partial charge in [0.25, 0.3) is 0 Å². The van der Waals surface area contributed by atoms with E-state index in [4.69, 9.17) is 0 Å². The molecule has 0 spiro atoms. The molecule has 3 rings (SSSR count). The van der Waals surface area contributed by atoms with Gasteiger partial charge in [-0.1, -0.05) is 24.3 Å². The van der Waals surface area contributed by atoms with E-state index in [0.29, 0.717) is 12.1 Å². The number of fused-ring (bicyclic) bond motifs is 1. The van der Waals surface area contributed by atoms with Gasteiger partial charge in [-0.2, -0.15) is 13.2 Å². The number of rotatable bonds is 2. The van der Waals surface area contributed by atoms with E-state index in [0.717, 1.165) is 22.5 Å². The van der Waals surface area contributed by atoms with Crippen LogP contribution in [-0.4, -0.2) is 4.57 Å². The molecule has 1 aromatic heterocycles. The number of hydrogen-bond donors (Lipinski definition) is 0. The van der Waals surface area contributed by atoms with E-state index in [1.54, 1.807) is 6.07 Å². The van der Waals surface area contributed by atoms with Gasteiger partial charge in [0.2, 0.25) is 0 Å². The minimum Gasteiger partial charge on any atom is -0.343 e. The van der Waals surface area contributed by atoms with Crippen LogP contribution < -0.4 is 0 Å². The van der Waals surface area contributed by atoms with E-state index in [-0.39, 0.29) is 0 Å². The van der Waals surface area contributed by atoms with Gasteiger partial charge >= 0.3 is 6.18 Å². The predicted octanol–water partition coefficient (Wildman–Crippen LogP) is 5.02. The van der Waals surface area contributed by atoms with Gasteiger partial charge < -0.3 is 4.57 Å². The van der Waals surface area contributed by atoms with Crippen molar-refractivity contribution in [2.75, 3.05) is 0 Å². The summed E-state index contributed by atoms with van der Waals surface area (Å²) in [4.78, 5) is 0. The number of nitrogens with zero attached hydrogens (tertiary/aromatic N) is 1. The highest BCUT2D eigenvalue weighted by Gasteiger charge is 2.30. The summed E-state index contributed by atoms with van der Waals surface area (Å²) in [5, 5.41) is 1.13. The molecule has 0 unspecified atom stereocenters. The molecule has 2 aromatic carbocycles. The van der Waals surface area contributed by atoms with Gasteiger partial charge in [-0.05, 0) is 42.3 Å². The van der Waals surface area contributed by atoms with Crippen LogP contribution in [0.1, 0.15) is 16.7 Å². The topological polar surface area (TPSA) is 4.93 Å². The first-order valence-corrected chi connectivity index (χ1v) is 6.66. The van der Waals surface area contributed by atoms with Crippen LogP contribution in [0.5, 0.6) is 0 Å². The van der Waals surface area contributed by atoms with Crippen molar-refractivity contribution in [2.24, 2.45) is 0 Å². The molecule has 0 atom stereocenters. The molecule has 0 aliphatic rings. The van der Waals surface area contributed by atoms with Crippen molar-refractivity contribution in [3.05, 3.63) is 71.4 Å². The van der Waals surface area contributed by atoms with Crippen molar-refractivity contribution in [1.29, 1.82) is 0 Å². The fourth-order valence-corrected chi connectivity index (χ4v) is 2.56. The van der Waals surface area contributed by atoms with Crippen LogP contribution in [0, 0.1) is 6.92 Å². The van der Waals surface area contributed by atoms with E-state index in [1.165, 1.54) is 12.1 Å². The Morgan fingerprint density at radius 3 is 2.52 bits per heavy atom. The van der Waals surface area contributed by atoms with Crippen molar-refractivity contribution in [3.63, 3.8) is 0 Å².